The van der Waals surface area contributed by atoms with Crippen molar-refractivity contribution in [3.8, 4) is 0 Å². The van der Waals surface area contributed by atoms with E-state index in [0.717, 1.165) is 19.3 Å². The lowest BCUT2D eigenvalue weighted by Crippen LogP contribution is -2.44. The molecule has 2 N–H and O–H groups in total. The lowest BCUT2D eigenvalue weighted by atomic mass is 10.1. The molecule has 16 heavy (non-hydrogen) atoms. The van der Waals surface area contributed by atoms with Gasteiger partial charge in [-0.25, -0.2) is 0 Å². The van der Waals surface area contributed by atoms with Gasteiger partial charge in [0.25, 0.3) is 5.24 Å². The van der Waals surface area contributed by atoms with E-state index >= 15 is 0 Å². The first-order valence-corrected chi connectivity index (χ1v) is 6.74. The van der Waals surface area contributed by atoms with Crippen LogP contribution >= 0.6 is 11.8 Å². The SMILES string of the molecule is CCCCC1CN(C(CC)C(N)=O)C(=O)S1. The highest BCUT2D eigenvalue weighted by molar-refractivity contribution is 8.14. The zero-order valence-corrected chi connectivity index (χ0v) is 10.8. The second-order valence-electron chi connectivity index (χ2n) is 4.13. The zero-order chi connectivity index (χ0) is 12.1. The molecule has 2 atom stereocenters. The lowest BCUT2D eigenvalue weighted by Gasteiger charge is -2.23. The van der Waals surface area contributed by atoms with E-state index in [9.17, 15) is 9.59 Å². The largest absolute Gasteiger partial charge is 0.368 e. The van der Waals surface area contributed by atoms with Gasteiger partial charge in [0.2, 0.25) is 5.91 Å². The van der Waals surface area contributed by atoms with Crippen LogP contribution in [0.3, 0.4) is 0 Å². The van der Waals surface area contributed by atoms with Gasteiger partial charge in [0.1, 0.15) is 6.04 Å². The van der Waals surface area contributed by atoms with Crippen molar-refractivity contribution in [1.82, 2.24) is 4.90 Å². The van der Waals surface area contributed by atoms with Gasteiger partial charge in [-0.15, -0.1) is 0 Å². The van der Waals surface area contributed by atoms with Crippen LogP contribution in [-0.2, 0) is 4.79 Å². The van der Waals surface area contributed by atoms with E-state index in [0.29, 0.717) is 18.2 Å². The predicted molar refractivity (Wildman–Crippen MR) is 66.3 cm³/mol. The molecule has 4 nitrogen and oxygen atoms in total. The second kappa shape index (κ2) is 6.13. The fourth-order valence-electron chi connectivity index (χ4n) is 1.95. The van der Waals surface area contributed by atoms with Crippen LogP contribution in [0.4, 0.5) is 4.79 Å². The Hall–Kier alpha value is -0.710. The topological polar surface area (TPSA) is 63.4 Å². The highest BCUT2D eigenvalue weighted by Gasteiger charge is 2.36. The van der Waals surface area contributed by atoms with Gasteiger partial charge in [-0.2, -0.15) is 0 Å². The average Bonchev–Trinajstić information content (AvgIpc) is 2.58. The molecule has 1 aliphatic heterocycles. The van der Waals surface area contributed by atoms with Crippen LogP contribution in [0, 0.1) is 0 Å². The Kier molecular flexibility index (Phi) is 5.12. The van der Waals surface area contributed by atoms with Crippen LogP contribution in [0.5, 0.6) is 0 Å². The van der Waals surface area contributed by atoms with Crippen LogP contribution < -0.4 is 5.73 Å². The Morgan fingerprint density at radius 3 is 2.81 bits per heavy atom. The molecule has 0 radical (unpaired) electrons. The van der Waals surface area contributed by atoms with Gasteiger partial charge in [0, 0.05) is 11.8 Å². The summed E-state index contributed by atoms with van der Waals surface area (Å²) in [6.45, 7) is 4.69. The van der Waals surface area contributed by atoms with Crippen LogP contribution in [0.15, 0.2) is 0 Å². The molecule has 2 unspecified atom stereocenters. The highest BCUT2D eigenvalue weighted by Crippen LogP contribution is 2.31. The third-order valence-electron chi connectivity index (χ3n) is 2.87. The molecule has 0 spiro atoms. The van der Waals surface area contributed by atoms with Gasteiger partial charge in [0.05, 0.1) is 0 Å². The number of hydrogen-bond donors (Lipinski definition) is 1. The average molecular weight is 244 g/mol. The Labute approximate surface area is 101 Å². The fraction of sp³-hybridized carbons (Fsp3) is 0.818. The number of carbonyl (C=O) groups excluding carboxylic acids is 2. The van der Waals surface area contributed by atoms with Crippen molar-refractivity contribution in [2.24, 2.45) is 5.73 Å². The third-order valence-corrected chi connectivity index (χ3v) is 4.03. The molecule has 0 saturated carbocycles. The van der Waals surface area contributed by atoms with Crippen LogP contribution in [0.25, 0.3) is 0 Å². The number of primary amides is 1. The Bertz CT molecular complexity index is 271. The summed E-state index contributed by atoms with van der Waals surface area (Å²) in [6, 6.07) is -0.424. The minimum absolute atomic E-state index is 0.00625. The summed E-state index contributed by atoms with van der Waals surface area (Å²) in [6.07, 6.45) is 3.91. The number of nitrogens with zero attached hydrogens (tertiary/aromatic N) is 1. The Morgan fingerprint density at radius 1 is 1.62 bits per heavy atom. The first-order chi connectivity index (χ1) is 7.60. The number of unbranched alkanes of at least 4 members (excludes halogenated alkanes) is 1. The molecule has 0 aromatic carbocycles. The Morgan fingerprint density at radius 2 is 2.31 bits per heavy atom. The molecule has 5 heteroatoms. The maximum absolute atomic E-state index is 11.7. The summed E-state index contributed by atoms with van der Waals surface area (Å²) in [4.78, 5) is 24.6. The maximum atomic E-state index is 11.7. The molecule has 0 bridgehead atoms. The summed E-state index contributed by atoms with van der Waals surface area (Å²) in [7, 11) is 0. The van der Waals surface area contributed by atoms with Crippen molar-refractivity contribution in [2.45, 2.75) is 50.8 Å². The normalized spacial score (nSPS) is 22.5. The molecule has 1 aliphatic rings. The standard InChI is InChI=1S/C11H20N2O2S/c1-3-5-6-8-7-13(11(15)16-8)9(4-2)10(12)14/h8-9H,3-7H2,1-2H3,(H2,12,14). The first kappa shape index (κ1) is 13.4. The van der Waals surface area contributed by atoms with Crippen LogP contribution in [-0.4, -0.2) is 33.9 Å². The molecule has 0 aliphatic carbocycles. The molecular formula is C11H20N2O2S. The van der Waals surface area contributed by atoms with Gasteiger partial charge < -0.3 is 10.6 Å². The number of rotatable bonds is 6. The number of nitrogens with two attached hydrogens (primary N) is 1. The van der Waals surface area contributed by atoms with Crippen molar-refractivity contribution < 1.29 is 9.59 Å². The van der Waals surface area contributed by atoms with Gasteiger partial charge in [-0.05, 0) is 12.8 Å². The predicted octanol–water partition coefficient (Wildman–Crippen LogP) is 1.98. The lowest BCUT2D eigenvalue weighted by molar-refractivity contribution is -0.122. The number of thioether (sulfide) groups is 1. The molecule has 0 aromatic heterocycles. The van der Waals surface area contributed by atoms with Gasteiger partial charge >= 0.3 is 0 Å². The van der Waals surface area contributed by atoms with E-state index in [4.69, 9.17) is 5.73 Å². The fourth-order valence-corrected chi connectivity index (χ4v) is 3.10. The molecule has 1 rings (SSSR count). The molecule has 1 saturated heterocycles. The van der Waals surface area contributed by atoms with E-state index in [2.05, 4.69) is 6.92 Å². The Balaban J connectivity index is 2.56. The van der Waals surface area contributed by atoms with Crippen molar-refractivity contribution in [2.75, 3.05) is 6.54 Å². The van der Waals surface area contributed by atoms with Crippen LogP contribution in [0.1, 0.15) is 39.5 Å². The molecular weight excluding hydrogens is 224 g/mol. The summed E-state index contributed by atoms with van der Waals surface area (Å²) in [5.74, 6) is -0.396. The molecule has 1 fully saturated rings. The number of amides is 2. The quantitative estimate of drug-likeness (QED) is 0.777. The summed E-state index contributed by atoms with van der Waals surface area (Å²) in [5, 5.41) is 0.340. The van der Waals surface area contributed by atoms with E-state index in [-0.39, 0.29) is 5.24 Å². The van der Waals surface area contributed by atoms with Crippen molar-refractivity contribution >= 4 is 22.9 Å². The van der Waals surface area contributed by atoms with E-state index in [1.807, 2.05) is 6.92 Å². The van der Waals surface area contributed by atoms with Gasteiger partial charge in [-0.3, -0.25) is 9.59 Å². The summed E-state index contributed by atoms with van der Waals surface area (Å²) in [5.41, 5.74) is 5.29. The second-order valence-corrected chi connectivity index (χ2v) is 5.38. The van der Waals surface area contributed by atoms with Gasteiger partial charge in [-0.1, -0.05) is 38.5 Å². The smallest absolute Gasteiger partial charge is 0.282 e. The van der Waals surface area contributed by atoms with E-state index < -0.39 is 11.9 Å². The summed E-state index contributed by atoms with van der Waals surface area (Å²) >= 11 is 1.35. The van der Waals surface area contributed by atoms with E-state index in [1.54, 1.807) is 4.90 Å². The van der Waals surface area contributed by atoms with Crippen molar-refractivity contribution in [3.63, 3.8) is 0 Å². The van der Waals surface area contributed by atoms with Crippen molar-refractivity contribution in [3.05, 3.63) is 0 Å². The molecule has 2 amide bonds. The first-order valence-electron chi connectivity index (χ1n) is 5.86. The maximum Gasteiger partial charge on any atom is 0.282 e. The number of hydrogen-bond acceptors (Lipinski definition) is 3. The van der Waals surface area contributed by atoms with Crippen molar-refractivity contribution in [1.29, 1.82) is 0 Å². The zero-order valence-electron chi connectivity index (χ0n) is 9.94. The highest BCUT2D eigenvalue weighted by atomic mass is 32.2. The van der Waals surface area contributed by atoms with Gasteiger partial charge in [0.15, 0.2) is 0 Å². The molecule has 0 aromatic rings. The number of carbonyl (C=O) groups is 2. The summed E-state index contributed by atoms with van der Waals surface area (Å²) < 4.78 is 0. The molecule has 1 heterocycles. The minimum Gasteiger partial charge on any atom is -0.368 e. The minimum atomic E-state index is -0.424. The van der Waals surface area contributed by atoms with E-state index in [1.165, 1.54) is 11.8 Å². The molecule has 92 valence electrons. The van der Waals surface area contributed by atoms with Crippen LogP contribution in [0.2, 0.25) is 0 Å². The monoisotopic (exact) mass is 244 g/mol. The third kappa shape index (κ3) is 3.14.